The molecule has 0 saturated heterocycles. The molecule has 8 heteroatoms. The highest BCUT2D eigenvalue weighted by molar-refractivity contribution is 6.33. The lowest BCUT2D eigenvalue weighted by Crippen LogP contribution is -2.30. The summed E-state index contributed by atoms with van der Waals surface area (Å²) in [6, 6.07) is 4.68. The van der Waals surface area contributed by atoms with Gasteiger partial charge < -0.3 is 14.4 Å². The van der Waals surface area contributed by atoms with Gasteiger partial charge in [0.15, 0.2) is 0 Å². The second-order valence-electron chi connectivity index (χ2n) is 4.17. The van der Waals surface area contributed by atoms with Crippen LogP contribution in [0.4, 0.5) is 11.4 Å². The molecule has 0 fully saturated rings. The molecule has 1 aromatic rings. The standard InChI is InChI=1S/C13H17ClN2O5/c1-20-9-8-15(7-6-12(17)21-2)11-5-3-4-10(14)13(11)16(18)19/h3-5H,6-9H2,1-2H3. The third-order valence-corrected chi connectivity index (χ3v) is 3.17. The lowest BCUT2D eigenvalue weighted by atomic mass is 10.2. The highest BCUT2D eigenvalue weighted by atomic mass is 35.5. The number of hydrogen-bond acceptors (Lipinski definition) is 6. The van der Waals surface area contributed by atoms with Crippen molar-refractivity contribution in [3.63, 3.8) is 0 Å². The average Bonchev–Trinajstić information content (AvgIpc) is 2.46. The molecule has 0 saturated carbocycles. The first-order chi connectivity index (χ1) is 10.0. The Morgan fingerprint density at radius 2 is 2.10 bits per heavy atom. The zero-order chi connectivity index (χ0) is 15.8. The van der Waals surface area contributed by atoms with Crippen LogP contribution >= 0.6 is 11.6 Å². The number of halogens is 1. The molecule has 0 bridgehead atoms. The van der Waals surface area contributed by atoms with E-state index >= 15 is 0 Å². The van der Waals surface area contributed by atoms with Crippen LogP contribution in [0, 0.1) is 10.1 Å². The monoisotopic (exact) mass is 316 g/mol. The van der Waals surface area contributed by atoms with E-state index in [1.807, 2.05) is 0 Å². The molecule has 21 heavy (non-hydrogen) atoms. The van der Waals surface area contributed by atoms with Crippen LogP contribution in [0.5, 0.6) is 0 Å². The molecule has 1 aromatic carbocycles. The van der Waals surface area contributed by atoms with E-state index in [4.69, 9.17) is 16.3 Å². The average molecular weight is 317 g/mol. The van der Waals surface area contributed by atoms with Gasteiger partial charge in [0.05, 0.1) is 25.1 Å². The first kappa shape index (κ1) is 17.2. The molecule has 116 valence electrons. The fourth-order valence-electron chi connectivity index (χ4n) is 1.82. The van der Waals surface area contributed by atoms with Gasteiger partial charge in [0.25, 0.3) is 0 Å². The summed E-state index contributed by atoms with van der Waals surface area (Å²) in [6.45, 7) is 1.04. The van der Waals surface area contributed by atoms with Gasteiger partial charge in [-0.05, 0) is 12.1 Å². The number of para-hydroxylation sites is 1. The molecule has 0 aromatic heterocycles. The fraction of sp³-hybridized carbons (Fsp3) is 0.462. The highest BCUT2D eigenvalue weighted by Gasteiger charge is 2.23. The summed E-state index contributed by atoms with van der Waals surface area (Å²) in [5, 5.41) is 11.2. The Morgan fingerprint density at radius 1 is 1.38 bits per heavy atom. The Balaban J connectivity index is 3.04. The Morgan fingerprint density at radius 3 is 2.67 bits per heavy atom. The number of nitro benzene ring substituents is 1. The van der Waals surface area contributed by atoms with Gasteiger partial charge in [-0.3, -0.25) is 14.9 Å². The van der Waals surface area contributed by atoms with Crippen molar-refractivity contribution < 1.29 is 19.2 Å². The molecule has 0 N–H and O–H groups in total. The molecule has 0 spiro atoms. The van der Waals surface area contributed by atoms with Crippen molar-refractivity contribution in [1.29, 1.82) is 0 Å². The predicted octanol–water partition coefficient (Wildman–Crippen LogP) is 2.26. The van der Waals surface area contributed by atoms with Crippen LogP contribution in [0.3, 0.4) is 0 Å². The minimum Gasteiger partial charge on any atom is -0.469 e. The second-order valence-corrected chi connectivity index (χ2v) is 4.58. The van der Waals surface area contributed by atoms with E-state index in [0.29, 0.717) is 18.8 Å². The maximum Gasteiger partial charge on any atom is 0.310 e. The molecule has 0 aliphatic heterocycles. The van der Waals surface area contributed by atoms with Gasteiger partial charge in [0.2, 0.25) is 0 Å². The van der Waals surface area contributed by atoms with Gasteiger partial charge in [-0.2, -0.15) is 0 Å². The number of carbonyl (C=O) groups is 1. The first-order valence-corrected chi connectivity index (χ1v) is 6.62. The van der Waals surface area contributed by atoms with Gasteiger partial charge in [-0.15, -0.1) is 0 Å². The molecule has 0 unspecified atom stereocenters. The number of nitro groups is 1. The fourth-order valence-corrected chi connectivity index (χ4v) is 2.06. The van der Waals surface area contributed by atoms with E-state index < -0.39 is 4.92 Å². The summed E-state index contributed by atoms with van der Waals surface area (Å²) in [4.78, 5) is 23.6. The molecule has 0 atom stereocenters. The molecule has 0 aliphatic carbocycles. The summed E-state index contributed by atoms with van der Waals surface area (Å²) in [5.74, 6) is -0.387. The van der Waals surface area contributed by atoms with Crippen LogP contribution in [0.25, 0.3) is 0 Å². The van der Waals surface area contributed by atoms with Crippen LogP contribution in [-0.4, -0.2) is 44.8 Å². The van der Waals surface area contributed by atoms with Crippen molar-refractivity contribution in [2.45, 2.75) is 6.42 Å². The number of nitrogens with zero attached hydrogens (tertiary/aromatic N) is 2. The topological polar surface area (TPSA) is 81.9 Å². The molecule has 1 rings (SSSR count). The van der Waals surface area contributed by atoms with Crippen LogP contribution in [-0.2, 0) is 14.3 Å². The van der Waals surface area contributed by atoms with Crippen LogP contribution in [0.2, 0.25) is 5.02 Å². The summed E-state index contributed by atoms with van der Waals surface area (Å²) < 4.78 is 9.58. The lowest BCUT2D eigenvalue weighted by molar-refractivity contribution is -0.384. The van der Waals surface area contributed by atoms with Gasteiger partial charge in [-0.1, -0.05) is 17.7 Å². The Bertz CT molecular complexity index is 509. The van der Waals surface area contributed by atoms with Gasteiger partial charge in [0.1, 0.15) is 10.7 Å². The predicted molar refractivity (Wildman–Crippen MR) is 78.8 cm³/mol. The number of hydrogen-bond donors (Lipinski definition) is 0. The number of benzene rings is 1. The van der Waals surface area contributed by atoms with Crippen molar-refractivity contribution >= 4 is 28.9 Å². The third-order valence-electron chi connectivity index (χ3n) is 2.87. The Labute approximate surface area is 127 Å². The van der Waals surface area contributed by atoms with Crippen LogP contribution in [0.15, 0.2) is 18.2 Å². The Hall–Kier alpha value is -1.86. The lowest BCUT2D eigenvalue weighted by Gasteiger charge is -2.24. The van der Waals surface area contributed by atoms with E-state index in [0.717, 1.165) is 0 Å². The van der Waals surface area contributed by atoms with Crippen LogP contribution in [0.1, 0.15) is 6.42 Å². The van der Waals surface area contributed by atoms with E-state index in [-0.39, 0.29) is 29.6 Å². The molecule has 0 aliphatic rings. The molecule has 0 heterocycles. The number of anilines is 1. The summed E-state index contributed by atoms with van der Waals surface area (Å²) in [5.41, 5.74) is 0.175. The zero-order valence-electron chi connectivity index (χ0n) is 11.9. The van der Waals surface area contributed by atoms with Crippen molar-refractivity contribution in [3.05, 3.63) is 33.3 Å². The SMILES string of the molecule is COCCN(CCC(=O)OC)c1cccc(Cl)c1[N+](=O)[O-]. The number of rotatable bonds is 8. The van der Waals surface area contributed by atoms with Crippen molar-refractivity contribution in [2.75, 3.05) is 38.8 Å². The Kier molecular flexibility index (Phi) is 6.90. The minimum absolute atomic E-state index is 0.0537. The maximum absolute atomic E-state index is 11.3. The largest absolute Gasteiger partial charge is 0.469 e. The molecule has 0 amide bonds. The van der Waals surface area contributed by atoms with Crippen LogP contribution < -0.4 is 4.90 Å². The smallest absolute Gasteiger partial charge is 0.310 e. The molecular weight excluding hydrogens is 300 g/mol. The maximum atomic E-state index is 11.3. The molecule has 0 radical (unpaired) electrons. The van der Waals surface area contributed by atoms with E-state index in [9.17, 15) is 14.9 Å². The van der Waals surface area contributed by atoms with Gasteiger partial charge >= 0.3 is 11.7 Å². The van der Waals surface area contributed by atoms with Crippen molar-refractivity contribution in [3.8, 4) is 0 Å². The second kappa shape index (κ2) is 8.43. The summed E-state index contributed by atoms with van der Waals surface area (Å²) in [7, 11) is 2.83. The number of methoxy groups -OCH3 is 2. The molecule has 7 nitrogen and oxygen atoms in total. The van der Waals surface area contributed by atoms with Crippen molar-refractivity contribution in [1.82, 2.24) is 0 Å². The van der Waals surface area contributed by atoms with E-state index in [1.165, 1.54) is 20.3 Å². The number of ether oxygens (including phenoxy) is 2. The van der Waals surface area contributed by atoms with E-state index in [2.05, 4.69) is 4.74 Å². The third kappa shape index (κ3) is 4.87. The van der Waals surface area contributed by atoms with Gasteiger partial charge in [0, 0.05) is 20.2 Å². The van der Waals surface area contributed by atoms with E-state index in [1.54, 1.807) is 17.0 Å². The summed E-state index contributed by atoms with van der Waals surface area (Å²) >= 11 is 5.90. The number of esters is 1. The molecular formula is C13H17ClN2O5. The quantitative estimate of drug-likeness (QED) is 0.415. The van der Waals surface area contributed by atoms with Gasteiger partial charge in [-0.25, -0.2) is 0 Å². The highest BCUT2D eigenvalue weighted by Crippen LogP contribution is 2.34. The minimum atomic E-state index is -0.532. The van der Waals surface area contributed by atoms with Crippen molar-refractivity contribution in [2.24, 2.45) is 0 Å². The zero-order valence-corrected chi connectivity index (χ0v) is 12.6. The number of carbonyl (C=O) groups excluding carboxylic acids is 1. The normalized spacial score (nSPS) is 10.2. The first-order valence-electron chi connectivity index (χ1n) is 6.24. The summed E-state index contributed by atoms with van der Waals surface area (Å²) in [6.07, 6.45) is 0.115.